The van der Waals surface area contributed by atoms with E-state index in [-0.39, 0.29) is 11.4 Å². The number of aryl methyl sites for hydroxylation is 1. The van der Waals surface area contributed by atoms with Gasteiger partial charge in [0, 0.05) is 23.7 Å². The van der Waals surface area contributed by atoms with Crippen LogP contribution in [0.1, 0.15) is 35.3 Å². The molecule has 1 atom stereocenters. The maximum Gasteiger partial charge on any atom is 0.268 e. The lowest BCUT2D eigenvalue weighted by molar-refractivity contribution is 0.0893. The van der Waals surface area contributed by atoms with E-state index in [4.69, 9.17) is 5.73 Å². The second kappa shape index (κ2) is 5.27. The molecule has 2 aromatic heterocycles. The first-order valence-electron chi connectivity index (χ1n) is 7.15. The minimum absolute atomic E-state index is 0.104. The molecule has 1 saturated carbocycles. The third-order valence-electron chi connectivity index (χ3n) is 4.14. The molecule has 0 aliphatic heterocycles. The van der Waals surface area contributed by atoms with Crippen molar-refractivity contribution in [3.63, 3.8) is 0 Å². The molecule has 4 N–H and O–H groups in total. The lowest BCUT2D eigenvalue weighted by atomic mass is 9.96. The fourth-order valence-corrected chi connectivity index (χ4v) is 3.16. The number of hydrogen-bond donors (Lipinski definition) is 3. The van der Waals surface area contributed by atoms with Gasteiger partial charge in [0.2, 0.25) is 0 Å². The van der Waals surface area contributed by atoms with Crippen LogP contribution in [0.3, 0.4) is 0 Å². The molecule has 5 nitrogen and oxygen atoms in total. The maximum absolute atomic E-state index is 12.4. The van der Waals surface area contributed by atoms with Crippen molar-refractivity contribution < 1.29 is 4.79 Å². The normalized spacial score (nSPS) is 17.5. The average molecular weight is 304 g/mol. The summed E-state index contributed by atoms with van der Waals surface area (Å²) in [5.41, 5.74) is 7.92. The number of hydrogen-bond acceptors (Lipinski definition) is 4. The molecule has 1 aliphatic rings. The van der Waals surface area contributed by atoms with Crippen LogP contribution >= 0.6 is 11.3 Å². The second-order valence-electron chi connectivity index (χ2n) is 5.90. The van der Waals surface area contributed by atoms with Crippen LogP contribution in [-0.2, 0) is 0 Å². The van der Waals surface area contributed by atoms with Gasteiger partial charge in [0.15, 0.2) is 0 Å². The number of carbonyl (C=O) groups excluding carboxylic acids is 1. The third-order valence-corrected chi connectivity index (χ3v) is 4.92. The number of nitrogens with one attached hydrogen (secondary N) is 2. The maximum atomic E-state index is 12.4. The van der Waals surface area contributed by atoms with E-state index in [0.717, 1.165) is 29.1 Å². The van der Waals surface area contributed by atoms with Crippen LogP contribution in [0.5, 0.6) is 0 Å². The number of nitrogens with zero attached hydrogens (tertiary/aromatic N) is 1. The van der Waals surface area contributed by atoms with Crippen LogP contribution < -0.4 is 11.1 Å². The van der Waals surface area contributed by atoms with Gasteiger partial charge in [-0.15, -0.1) is 11.3 Å². The molecule has 6 heteroatoms. The van der Waals surface area contributed by atoms with Gasteiger partial charge in [-0.2, -0.15) is 0 Å². The first-order chi connectivity index (χ1) is 10.0. The van der Waals surface area contributed by atoms with Crippen LogP contribution in [-0.4, -0.2) is 28.0 Å². The molecule has 2 aromatic rings. The van der Waals surface area contributed by atoms with E-state index in [1.165, 1.54) is 0 Å². The van der Waals surface area contributed by atoms with Crippen molar-refractivity contribution in [2.45, 2.75) is 32.2 Å². The Morgan fingerprint density at radius 1 is 1.62 bits per heavy atom. The quantitative estimate of drug-likeness (QED) is 0.792. The van der Waals surface area contributed by atoms with E-state index in [1.807, 2.05) is 31.5 Å². The Morgan fingerprint density at radius 2 is 2.38 bits per heavy atom. The molecular weight excluding hydrogens is 284 g/mol. The van der Waals surface area contributed by atoms with Gasteiger partial charge < -0.3 is 16.0 Å². The predicted octanol–water partition coefficient (Wildman–Crippen LogP) is 2.30. The number of aromatic amines is 1. The van der Waals surface area contributed by atoms with Crippen molar-refractivity contribution >= 4 is 17.2 Å². The number of H-pyrrole nitrogens is 1. The van der Waals surface area contributed by atoms with Gasteiger partial charge in [0.1, 0.15) is 5.69 Å². The molecule has 0 spiro atoms. The monoisotopic (exact) mass is 304 g/mol. The van der Waals surface area contributed by atoms with Gasteiger partial charge >= 0.3 is 0 Å². The summed E-state index contributed by atoms with van der Waals surface area (Å²) in [6.45, 7) is 4.45. The fraction of sp³-hybridized carbons (Fsp3) is 0.467. The van der Waals surface area contributed by atoms with Crippen molar-refractivity contribution in [3.8, 4) is 11.3 Å². The Labute approximate surface area is 128 Å². The smallest absolute Gasteiger partial charge is 0.268 e. The lowest BCUT2D eigenvalue weighted by Gasteiger charge is -2.29. The zero-order valence-electron chi connectivity index (χ0n) is 12.3. The van der Waals surface area contributed by atoms with E-state index >= 15 is 0 Å². The molecule has 0 aromatic carbocycles. The lowest BCUT2D eigenvalue weighted by Crippen LogP contribution is -2.53. The van der Waals surface area contributed by atoms with Crippen molar-refractivity contribution in [3.05, 3.63) is 28.3 Å². The molecule has 0 radical (unpaired) electrons. The van der Waals surface area contributed by atoms with Gasteiger partial charge in [-0.3, -0.25) is 4.79 Å². The summed E-state index contributed by atoms with van der Waals surface area (Å²) in [6.07, 6.45) is 4.10. The Morgan fingerprint density at radius 3 is 2.95 bits per heavy atom. The number of carbonyl (C=O) groups is 1. The standard InChI is InChI=1S/C15H20N4OS/c1-9-18-13(7-21-9)10-5-12(17-6-10)14(20)19-15(2,8-16)11-3-4-11/h5-7,11,17H,3-4,8,16H2,1-2H3,(H,19,20). The van der Waals surface area contributed by atoms with E-state index < -0.39 is 0 Å². The Bertz CT molecular complexity index is 658. The summed E-state index contributed by atoms with van der Waals surface area (Å²) < 4.78 is 0. The summed E-state index contributed by atoms with van der Waals surface area (Å²) in [5.74, 6) is 0.398. The molecule has 1 fully saturated rings. The van der Waals surface area contributed by atoms with Gasteiger partial charge in [-0.1, -0.05) is 0 Å². The first-order valence-corrected chi connectivity index (χ1v) is 8.03. The van der Waals surface area contributed by atoms with Crippen molar-refractivity contribution in [2.24, 2.45) is 11.7 Å². The SMILES string of the molecule is Cc1nc(-c2c[nH]c(C(=O)NC(C)(CN)C3CC3)c2)cs1. The number of aromatic nitrogens is 2. The van der Waals surface area contributed by atoms with Crippen LogP contribution in [0.2, 0.25) is 0 Å². The molecule has 0 saturated heterocycles. The summed E-state index contributed by atoms with van der Waals surface area (Å²) in [4.78, 5) is 19.8. The number of thiazole rings is 1. The molecule has 2 heterocycles. The molecular formula is C15H20N4OS. The van der Waals surface area contributed by atoms with Crippen LogP contribution in [0.15, 0.2) is 17.6 Å². The van der Waals surface area contributed by atoms with Crippen LogP contribution in [0.25, 0.3) is 11.3 Å². The highest BCUT2D eigenvalue weighted by Crippen LogP contribution is 2.39. The molecule has 1 amide bonds. The number of rotatable bonds is 5. The summed E-state index contributed by atoms with van der Waals surface area (Å²) in [6, 6.07) is 1.84. The first kappa shape index (κ1) is 14.3. The van der Waals surface area contributed by atoms with E-state index in [0.29, 0.717) is 18.2 Å². The van der Waals surface area contributed by atoms with Crippen LogP contribution in [0, 0.1) is 12.8 Å². The minimum Gasteiger partial charge on any atom is -0.357 e. The molecule has 112 valence electrons. The van der Waals surface area contributed by atoms with Crippen molar-refractivity contribution in [1.82, 2.24) is 15.3 Å². The topological polar surface area (TPSA) is 83.8 Å². The van der Waals surface area contributed by atoms with Gasteiger partial charge in [-0.25, -0.2) is 4.98 Å². The zero-order valence-corrected chi connectivity index (χ0v) is 13.1. The van der Waals surface area contributed by atoms with Crippen molar-refractivity contribution in [1.29, 1.82) is 0 Å². The van der Waals surface area contributed by atoms with E-state index in [2.05, 4.69) is 15.3 Å². The number of amides is 1. The van der Waals surface area contributed by atoms with Crippen molar-refractivity contribution in [2.75, 3.05) is 6.54 Å². The molecule has 0 bridgehead atoms. The average Bonchev–Trinajstić information content (AvgIpc) is 3.05. The summed E-state index contributed by atoms with van der Waals surface area (Å²) in [5, 5.41) is 6.09. The largest absolute Gasteiger partial charge is 0.357 e. The highest BCUT2D eigenvalue weighted by atomic mass is 32.1. The molecule has 3 rings (SSSR count). The number of nitrogens with two attached hydrogens (primary N) is 1. The zero-order chi connectivity index (χ0) is 15.0. The molecule has 21 heavy (non-hydrogen) atoms. The van der Waals surface area contributed by atoms with Gasteiger partial charge in [0.05, 0.1) is 16.2 Å². The van der Waals surface area contributed by atoms with Crippen LogP contribution in [0.4, 0.5) is 0 Å². The summed E-state index contributed by atoms with van der Waals surface area (Å²) >= 11 is 1.60. The highest BCUT2D eigenvalue weighted by Gasteiger charge is 2.41. The predicted molar refractivity (Wildman–Crippen MR) is 84.3 cm³/mol. The van der Waals surface area contributed by atoms with Gasteiger partial charge in [-0.05, 0) is 38.7 Å². The minimum atomic E-state index is -0.306. The Hall–Kier alpha value is -1.66. The Kier molecular flexibility index (Phi) is 3.59. The summed E-state index contributed by atoms with van der Waals surface area (Å²) in [7, 11) is 0. The van der Waals surface area contributed by atoms with E-state index in [9.17, 15) is 4.79 Å². The van der Waals surface area contributed by atoms with Gasteiger partial charge in [0.25, 0.3) is 5.91 Å². The van der Waals surface area contributed by atoms with E-state index in [1.54, 1.807) is 11.3 Å². The fourth-order valence-electron chi connectivity index (χ4n) is 2.54. The Balaban J connectivity index is 1.75. The second-order valence-corrected chi connectivity index (χ2v) is 6.97. The molecule has 1 unspecified atom stereocenters. The highest BCUT2D eigenvalue weighted by molar-refractivity contribution is 7.09. The molecule has 1 aliphatic carbocycles. The third kappa shape index (κ3) is 2.87.